The van der Waals surface area contributed by atoms with Gasteiger partial charge in [0, 0.05) is 36.9 Å². The fourth-order valence-electron chi connectivity index (χ4n) is 3.54. The zero-order chi connectivity index (χ0) is 23.5. The largest absolute Gasteiger partial charge is 0.348 e. The van der Waals surface area contributed by atoms with Crippen LogP contribution in [0.3, 0.4) is 0 Å². The predicted molar refractivity (Wildman–Crippen MR) is 126 cm³/mol. The minimum Gasteiger partial charge on any atom is -0.348 e. The van der Waals surface area contributed by atoms with Crippen molar-refractivity contribution in [1.29, 1.82) is 0 Å². The first-order valence-corrected chi connectivity index (χ1v) is 10.7. The highest BCUT2D eigenvalue weighted by atomic mass is 19.1. The fourth-order valence-corrected chi connectivity index (χ4v) is 3.54. The number of rotatable bonds is 6. The van der Waals surface area contributed by atoms with Gasteiger partial charge in [0.15, 0.2) is 0 Å². The molecule has 7 nitrogen and oxygen atoms in total. The molecule has 0 fully saturated rings. The number of aromatic nitrogens is 5. The molecule has 0 bridgehead atoms. The van der Waals surface area contributed by atoms with Gasteiger partial charge in [0.1, 0.15) is 23.7 Å². The first kappa shape index (κ1) is 21.3. The molecule has 5 rings (SSSR count). The second-order valence-electron chi connectivity index (χ2n) is 7.86. The first-order chi connectivity index (χ1) is 16.6. The van der Waals surface area contributed by atoms with Gasteiger partial charge in [-0.15, -0.1) is 0 Å². The van der Waals surface area contributed by atoms with Crippen molar-refractivity contribution in [3.63, 3.8) is 0 Å². The molecule has 1 amide bonds. The van der Waals surface area contributed by atoms with Gasteiger partial charge in [-0.05, 0) is 42.8 Å². The zero-order valence-electron chi connectivity index (χ0n) is 18.4. The average Bonchev–Trinajstić information content (AvgIpc) is 3.55. The molecule has 3 aromatic heterocycles. The molecule has 0 radical (unpaired) electrons. The normalized spacial score (nSPS) is 10.9. The van der Waals surface area contributed by atoms with Crippen molar-refractivity contribution < 1.29 is 9.18 Å². The fraction of sp³-hybridized carbons (Fsp3) is 0.0769. The minimum absolute atomic E-state index is 0.261. The van der Waals surface area contributed by atoms with Gasteiger partial charge in [0.2, 0.25) is 0 Å². The van der Waals surface area contributed by atoms with E-state index in [0.29, 0.717) is 23.5 Å². The summed E-state index contributed by atoms with van der Waals surface area (Å²) in [4.78, 5) is 21.6. The number of amides is 1. The van der Waals surface area contributed by atoms with Gasteiger partial charge < -0.3 is 5.32 Å². The number of imidazole rings is 1. The van der Waals surface area contributed by atoms with Crippen LogP contribution in [0.25, 0.3) is 22.8 Å². The van der Waals surface area contributed by atoms with E-state index in [1.54, 1.807) is 46.3 Å². The number of halogens is 1. The van der Waals surface area contributed by atoms with Crippen LogP contribution in [-0.2, 0) is 6.54 Å². The minimum atomic E-state index is -0.333. The van der Waals surface area contributed by atoms with Gasteiger partial charge >= 0.3 is 0 Å². The Morgan fingerprint density at radius 2 is 1.82 bits per heavy atom. The first-order valence-electron chi connectivity index (χ1n) is 10.7. The van der Waals surface area contributed by atoms with E-state index in [9.17, 15) is 9.18 Å². The quantitative estimate of drug-likeness (QED) is 0.412. The summed E-state index contributed by atoms with van der Waals surface area (Å²) in [6.07, 6.45) is 8.56. The van der Waals surface area contributed by atoms with Crippen molar-refractivity contribution in [1.82, 2.24) is 29.6 Å². The van der Waals surface area contributed by atoms with Crippen molar-refractivity contribution >= 4 is 5.91 Å². The lowest BCUT2D eigenvalue weighted by Crippen LogP contribution is -2.23. The molecule has 0 spiro atoms. The zero-order valence-corrected chi connectivity index (χ0v) is 18.4. The van der Waals surface area contributed by atoms with E-state index >= 15 is 0 Å². The van der Waals surface area contributed by atoms with Crippen LogP contribution >= 0.6 is 0 Å². The van der Waals surface area contributed by atoms with Crippen LogP contribution in [0.2, 0.25) is 0 Å². The number of aryl methyl sites for hydroxylation is 1. The molecule has 8 heteroatoms. The van der Waals surface area contributed by atoms with Crippen LogP contribution in [-0.4, -0.2) is 30.2 Å². The maximum atomic E-state index is 13.4. The van der Waals surface area contributed by atoms with Crippen LogP contribution in [0.5, 0.6) is 0 Å². The molecular formula is C26H21FN6O. The van der Waals surface area contributed by atoms with Crippen molar-refractivity contribution in [3.8, 4) is 22.8 Å². The topological polar surface area (TPSA) is 77.6 Å². The van der Waals surface area contributed by atoms with Gasteiger partial charge in [-0.1, -0.05) is 35.9 Å². The van der Waals surface area contributed by atoms with Gasteiger partial charge in [0.05, 0.1) is 11.3 Å². The molecule has 0 atom stereocenters. The molecule has 168 valence electrons. The maximum Gasteiger partial charge on any atom is 0.255 e. The van der Waals surface area contributed by atoms with E-state index < -0.39 is 0 Å². The van der Waals surface area contributed by atoms with E-state index in [0.717, 1.165) is 22.5 Å². The van der Waals surface area contributed by atoms with Crippen molar-refractivity contribution in [3.05, 3.63) is 114 Å². The smallest absolute Gasteiger partial charge is 0.255 e. The molecule has 0 unspecified atom stereocenters. The Kier molecular flexibility index (Phi) is 5.70. The number of carbonyl (C=O) groups excluding carboxylic acids is 1. The Labute approximate surface area is 195 Å². The number of benzene rings is 2. The number of hydrogen-bond acceptors (Lipinski definition) is 4. The number of hydrogen-bond donors (Lipinski definition) is 1. The third kappa shape index (κ3) is 4.47. The summed E-state index contributed by atoms with van der Waals surface area (Å²) in [6.45, 7) is 2.31. The summed E-state index contributed by atoms with van der Waals surface area (Å²) in [6, 6.07) is 17.6. The third-order valence-corrected chi connectivity index (χ3v) is 5.41. The van der Waals surface area contributed by atoms with Crippen LogP contribution < -0.4 is 5.32 Å². The van der Waals surface area contributed by atoms with E-state index in [1.807, 2.05) is 49.5 Å². The standard InChI is InChI=1S/C26H21FN6O/c1-18-2-5-20(6-3-18)25-23(16-33(31-25)22-9-7-21(27)8-10-22)26(34)30-15-19-4-11-24(29-14-19)32-13-12-28-17-32/h2-14,16-17H,15H2,1H3,(H,30,34). The van der Waals surface area contributed by atoms with Gasteiger partial charge in [0.25, 0.3) is 5.91 Å². The van der Waals surface area contributed by atoms with E-state index in [-0.39, 0.29) is 11.7 Å². The SMILES string of the molecule is Cc1ccc(-c2nn(-c3ccc(F)cc3)cc2C(=O)NCc2ccc(-n3ccnc3)nc2)cc1. The molecule has 0 aliphatic carbocycles. The van der Waals surface area contributed by atoms with Crippen LogP contribution in [0.15, 0.2) is 91.8 Å². The Hall–Kier alpha value is -4.59. The van der Waals surface area contributed by atoms with Crippen LogP contribution in [0.4, 0.5) is 4.39 Å². The molecule has 34 heavy (non-hydrogen) atoms. The lowest BCUT2D eigenvalue weighted by Gasteiger charge is -2.07. The number of nitrogens with zero attached hydrogens (tertiary/aromatic N) is 5. The molecule has 0 aliphatic heterocycles. The summed E-state index contributed by atoms with van der Waals surface area (Å²) in [5.74, 6) is 0.151. The van der Waals surface area contributed by atoms with E-state index in [1.165, 1.54) is 12.1 Å². The Morgan fingerprint density at radius 3 is 2.50 bits per heavy atom. The average molecular weight is 452 g/mol. The van der Waals surface area contributed by atoms with E-state index in [2.05, 4.69) is 20.4 Å². The molecule has 0 saturated heterocycles. The molecular weight excluding hydrogens is 431 g/mol. The molecule has 0 aliphatic rings. The summed E-state index contributed by atoms with van der Waals surface area (Å²) >= 11 is 0. The van der Waals surface area contributed by atoms with Gasteiger partial charge in [-0.25, -0.2) is 19.0 Å². The lowest BCUT2D eigenvalue weighted by molar-refractivity contribution is 0.0951. The second kappa shape index (κ2) is 9.11. The van der Waals surface area contributed by atoms with Crippen molar-refractivity contribution in [2.24, 2.45) is 0 Å². The number of pyridine rings is 1. The lowest BCUT2D eigenvalue weighted by atomic mass is 10.1. The highest BCUT2D eigenvalue weighted by molar-refractivity contribution is 5.99. The Morgan fingerprint density at radius 1 is 1.03 bits per heavy atom. The van der Waals surface area contributed by atoms with Gasteiger partial charge in [-0.2, -0.15) is 5.10 Å². The third-order valence-electron chi connectivity index (χ3n) is 5.41. The molecule has 1 N–H and O–H groups in total. The molecule has 0 saturated carbocycles. The molecule has 2 aromatic carbocycles. The predicted octanol–water partition coefficient (Wildman–Crippen LogP) is 4.50. The molecule has 3 heterocycles. The number of nitrogens with one attached hydrogen (secondary N) is 1. The maximum absolute atomic E-state index is 13.4. The Balaban J connectivity index is 1.40. The van der Waals surface area contributed by atoms with Crippen LogP contribution in [0.1, 0.15) is 21.5 Å². The second-order valence-corrected chi connectivity index (χ2v) is 7.86. The number of carbonyl (C=O) groups is 1. The highest BCUT2D eigenvalue weighted by Crippen LogP contribution is 2.24. The summed E-state index contributed by atoms with van der Waals surface area (Å²) in [7, 11) is 0. The van der Waals surface area contributed by atoms with Gasteiger partial charge in [-0.3, -0.25) is 9.36 Å². The highest BCUT2D eigenvalue weighted by Gasteiger charge is 2.19. The summed E-state index contributed by atoms with van der Waals surface area (Å²) in [5.41, 5.74) is 4.43. The molecule has 5 aromatic rings. The van der Waals surface area contributed by atoms with Crippen molar-refractivity contribution in [2.75, 3.05) is 0 Å². The Bertz CT molecular complexity index is 1410. The monoisotopic (exact) mass is 452 g/mol. The summed E-state index contributed by atoms with van der Waals surface area (Å²) < 4.78 is 16.8. The summed E-state index contributed by atoms with van der Waals surface area (Å²) in [5, 5.41) is 7.59. The van der Waals surface area contributed by atoms with Crippen molar-refractivity contribution in [2.45, 2.75) is 13.5 Å². The van der Waals surface area contributed by atoms with Crippen LogP contribution in [0, 0.1) is 12.7 Å². The van der Waals surface area contributed by atoms with E-state index in [4.69, 9.17) is 0 Å².